The largest absolute Gasteiger partial charge is 0.465 e. The van der Waals surface area contributed by atoms with E-state index in [-0.39, 0.29) is 11.6 Å². The number of carbonyl (C=O) groups is 1. The molecule has 0 spiro atoms. The van der Waals surface area contributed by atoms with Crippen LogP contribution in [0.4, 0.5) is 5.69 Å². The Kier molecular flexibility index (Phi) is 5.36. The van der Waals surface area contributed by atoms with Crippen molar-refractivity contribution in [1.82, 2.24) is 0 Å². The van der Waals surface area contributed by atoms with E-state index >= 15 is 0 Å². The molecule has 0 fully saturated rings. The average molecular weight is 265 g/mol. The van der Waals surface area contributed by atoms with Crippen molar-refractivity contribution in [3.8, 4) is 0 Å². The van der Waals surface area contributed by atoms with Gasteiger partial charge in [0.05, 0.1) is 18.3 Å². The first-order valence-electron chi connectivity index (χ1n) is 6.37. The second kappa shape index (κ2) is 6.57. The fourth-order valence-corrected chi connectivity index (χ4v) is 1.69. The van der Waals surface area contributed by atoms with E-state index in [0.717, 1.165) is 24.2 Å². The smallest absolute Gasteiger partial charge is 0.339 e. The Morgan fingerprint density at radius 3 is 2.58 bits per heavy atom. The fourth-order valence-electron chi connectivity index (χ4n) is 1.69. The van der Waals surface area contributed by atoms with Gasteiger partial charge in [0, 0.05) is 19.3 Å². The molecule has 0 aliphatic carbocycles. The predicted molar refractivity (Wildman–Crippen MR) is 76.7 cm³/mol. The summed E-state index contributed by atoms with van der Waals surface area (Å²) >= 11 is 0. The third-order valence-corrected chi connectivity index (χ3v) is 3.18. The van der Waals surface area contributed by atoms with Gasteiger partial charge in [-0.05, 0) is 39.3 Å². The van der Waals surface area contributed by atoms with Gasteiger partial charge in [-0.1, -0.05) is 11.6 Å². The van der Waals surface area contributed by atoms with Crippen molar-refractivity contribution in [2.24, 2.45) is 0 Å². The van der Waals surface area contributed by atoms with E-state index in [1.165, 1.54) is 7.11 Å². The lowest BCUT2D eigenvalue weighted by Crippen LogP contribution is -2.26. The van der Waals surface area contributed by atoms with Gasteiger partial charge < -0.3 is 14.8 Å². The lowest BCUT2D eigenvalue weighted by Gasteiger charge is -2.23. The zero-order chi connectivity index (χ0) is 14.5. The molecule has 106 valence electrons. The molecule has 0 saturated carbocycles. The molecular formula is C15H23NO3. The molecule has 0 amide bonds. The summed E-state index contributed by atoms with van der Waals surface area (Å²) in [5, 5.41) is 3.27. The molecule has 1 N–H and O–H groups in total. The van der Waals surface area contributed by atoms with Gasteiger partial charge in [0.2, 0.25) is 0 Å². The Morgan fingerprint density at radius 2 is 2.00 bits per heavy atom. The summed E-state index contributed by atoms with van der Waals surface area (Å²) in [4.78, 5) is 11.7. The number of hydrogen-bond acceptors (Lipinski definition) is 4. The minimum atomic E-state index is -0.322. The summed E-state index contributed by atoms with van der Waals surface area (Å²) in [6.07, 6.45) is 0.845. The van der Waals surface area contributed by atoms with Gasteiger partial charge in [-0.3, -0.25) is 0 Å². The number of anilines is 1. The summed E-state index contributed by atoms with van der Waals surface area (Å²) in [6.45, 7) is 6.74. The number of rotatable bonds is 6. The summed E-state index contributed by atoms with van der Waals surface area (Å²) in [5.41, 5.74) is 2.22. The van der Waals surface area contributed by atoms with Gasteiger partial charge in [0.15, 0.2) is 0 Å². The molecular weight excluding hydrogens is 242 g/mol. The van der Waals surface area contributed by atoms with E-state index in [1.807, 2.05) is 39.0 Å². The number of methoxy groups -OCH3 is 2. The van der Waals surface area contributed by atoms with Crippen LogP contribution in [0.2, 0.25) is 0 Å². The summed E-state index contributed by atoms with van der Waals surface area (Å²) in [6, 6.07) is 5.70. The number of esters is 1. The van der Waals surface area contributed by atoms with E-state index < -0.39 is 0 Å². The Hall–Kier alpha value is -1.55. The van der Waals surface area contributed by atoms with Gasteiger partial charge in [0.25, 0.3) is 0 Å². The fraction of sp³-hybridized carbons (Fsp3) is 0.533. The Balaban J connectivity index is 2.75. The SMILES string of the molecule is COC(=O)c1cc(C)ccc1NCCC(C)(C)OC. The topological polar surface area (TPSA) is 47.6 Å². The molecule has 0 aliphatic heterocycles. The first kappa shape index (κ1) is 15.5. The van der Waals surface area contributed by atoms with Gasteiger partial charge in [0.1, 0.15) is 0 Å². The zero-order valence-electron chi connectivity index (χ0n) is 12.4. The predicted octanol–water partition coefficient (Wildman–Crippen LogP) is 3.01. The molecule has 0 saturated heterocycles. The van der Waals surface area contributed by atoms with E-state index in [9.17, 15) is 4.79 Å². The van der Waals surface area contributed by atoms with Gasteiger partial charge in [-0.2, -0.15) is 0 Å². The van der Waals surface area contributed by atoms with E-state index in [0.29, 0.717) is 5.56 Å². The highest BCUT2D eigenvalue weighted by atomic mass is 16.5. The molecule has 0 aromatic heterocycles. The van der Waals surface area contributed by atoms with Crippen LogP contribution in [0, 0.1) is 6.92 Å². The summed E-state index contributed by atoms with van der Waals surface area (Å²) in [5.74, 6) is -0.322. The molecule has 1 aromatic rings. The number of ether oxygens (including phenoxy) is 2. The third-order valence-electron chi connectivity index (χ3n) is 3.18. The Bertz CT molecular complexity index is 441. The monoisotopic (exact) mass is 265 g/mol. The number of benzene rings is 1. The standard InChI is InChI=1S/C15H23NO3/c1-11-6-7-13(12(10-11)14(17)18-4)16-9-8-15(2,3)19-5/h6-7,10,16H,8-9H2,1-5H3. The molecule has 4 nitrogen and oxygen atoms in total. The van der Waals surface area contributed by atoms with Crippen molar-refractivity contribution < 1.29 is 14.3 Å². The number of aryl methyl sites for hydroxylation is 1. The van der Waals surface area contributed by atoms with Gasteiger partial charge >= 0.3 is 5.97 Å². The number of hydrogen-bond donors (Lipinski definition) is 1. The third kappa shape index (κ3) is 4.56. The first-order chi connectivity index (χ1) is 8.89. The van der Waals surface area contributed by atoms with Crippen LogP contribution in [0.5, 0.6) is 0 Å². The van der Waals surface area contributed by atoms with Gasteiger partial charge in [-0.25, -0.2) is 4.79 Å². The molecule has 0 bridgehead atoms. The van der Waals surface area contributed by atoms with Crippen molar-refractivity contribution in [2.75, 3.05) is 26.1 Å². The Morgan fingerprint density at radius 1 is 1.32 bits per heavy atom. The molecule has 4 heteroatoms. The summed E-state index contributed by atoms with van der Waals surface area (Å²) < 4.78 is 10.2. The first-order valence-corrected chi connectivity index (χ1v) is 6.37. The molecule has 19 heavy (non-hydrogen) atoms. The highest BCUT2D eigenvalue weighted by molar-refractivity contribution is 5.95. The quantitative estimate of drug-likeness (QED) is 0.803. The van der Waals surface area contributed by atoms with Crippen LogP contribution < -0.4 is 5.32 Å². The van der Waals surface area contributed by atoms with Crippen molar-refractivity contribution in [3.05, 3.63) is 29.3 Å². The van der Waals surface area contributed by atoms with Gasteiger partial charge in [-0.15, -0.1) is 0 Å². The Labute approximate surface area is 115 Å². The molecule has 1 rings (SSSR count). The lowest BCUT2D eigenvalue weighted by molar-refractivity contribution is 0.0185. The minimum Gasteiger partial charge on any atom is -0.465 e. The molecule has 0 aliphatic rings. The second-order valence-electron chi connectivity index (χ2n) is 5.18. The average Bonchev–Trinajstić information content (AvgIpc) is 2.39. The van der Waals surface area contributed by atoms with Crippen LogP contribution in [0.25, 0.3) is 0 Å². The van der Waals surface area contributed by atoms with E-state index in [4.69, 9.17) is 9.47 Å². The normalized spacial score (nSPS) is 11.2. The molecule has 0 heterocycles. The van der Waals surface area contributed by atoms with E-state index in [2.05, 4.69) is 5.32 Å². The van der Waals surface area contributed by atoms with E-state index in [1.54, 1.807) is 7.11 Å². The van der Waals surface area contributed by atoms with Crippen molar-refractivity contribution in [3.63, 3.8) is 0 Å². The maximum Gasteiger partial charge on any atom is 0.339 e. The van der Waals surface area contributed by atoms with Crippen molar-refractivity contribution in [1.29, 1.82) is 0 Å². The van der Waals surface area contributed by atoms with Crippen LogP contribution in [-0.2, 0) is 9.47 Å². The molecule has 0 radical (unpaired) electrons. The number of nitrogens with one attached hydrogen (secondary N) is 1. The highest BCUT2D eigenvalue weighted by Gasteiger charge is 2.17. The maximum atomic E-state index is 11.7. The molecule has 0 atom stereocenters. The molecule has 1 aromatic carbocycles. The lowest BCUT2D eigenvalue weighted by atomic mass is 10.0. The summed E-state index contributed by atoms with van der Waals surface area (Å²) in [7, 11) is 3.09. The van der Waals surface area contributed by atoms with Crippen molar-refractivity contribution >= 4 is 11.7 Å². The minimum absolute atomic E-state index is 0.177. The zero-order valence-corrected chi connectivity index (χ0v) is 12.4. The molecule has 0 unspecified atom stereocenters. The second-order valence-corrected chi connectivity index (χ2v) is 5.18. The maximum absolute atomic E-state index is 11.7. The van der Waals surface area contributed by atoms with Crippen LogP contribution in [0.3, 0.4) is 0 Å². The number of carbonyl (C=O) groups excluding carboxylic acids is 1. The van der Waals surface area contributed by atoms with Crippen LogP contribution in [0.1, 0.15) is 36.2 Å². The highest BCUT2D eigenvalue weighted by Crippen LogP contribution is 2.20. The van der Waals surface area contributed by atoms with Crippen LogP contribution in [0.15, 0.2) is 18.2 Å². The van der Waals surface area contributed by atoms with Crippen LogP contribution in [-0.4, -0.2) is 32.3 Å². The van der Waals surface area contributed by atoms with Crippen LogP contribution >= 0.6 is 0 Å². The van der Waals surface area contributed by atoms with Crippen molar-refractivity contribution in [2.45, 2.75) is 32.8 Å².